The summed E-state index contributed by atoms with van der Waals surface area (Å²) in [5.74, 6) is -0.187. The highest BCUT2D eigenvalue weighted by molar-refractivity contribution is 5.92. The van der Waals surface area contributed by atoms with Crippen molar-refractivity contribution in [3.8, 4) is 0 Å². The Labute approximate surface area is 141 Å². The number of benzene rings is 1. The molecule has 6 heteroatoms. The molecule has 1 fully saturated rings. The molecule has 1 amide bonds. The summed E-state index contributed by atoms with van der Waals surface area (Å²) in [5, 5.41) is 4.27. The van der Waals surface area contributed by atoms with Crippen LogP contribution in [-0.4, -0.2) is 58.2 Å². The number of aryl methyl sites for hydroxylation is 2. The third kappa shape index (κ3) is 3.82. The fraction of sp³-hybridized carbons (Fsp3) is 0.444. The zero-order valence-electron chi connectivity index (χ0n) is 14.2. The summed E-state index contributed by atoms with van der Waals surface area (Å²) in [7, 11) is 1.85. The molecule has 1 saturated heterocycles. The second kappa shape index (κ2) is 7.13. The number of halogens is 1. The molecular formula is C18H23FN4O. The van der Waals surface area contributed by atoms with Gasteiger partial charge in [0.1, 0.15) is 5.82 Å². The Balaban J connectivity index is 1.48. The molecule has 0 bridgehead atoms. The van der Waals surface area contributed by atoms with Crippen LogP contribution in [0.2, 0.25) is 0 Å². The van der Waals surface area contributed by atoms with E-state index in [2.05, 4.69) is 10.00 Å². The zero-order valence-corrected chi connectivity index (χ0v) is 14.2. The van der Waals surface area contributed by atoms with Crippen molar-refractivity contribution in [1.29, 1.82) is 0 Å². The maximum Gasteiger partial charge on any atom is 0.274 e. The van der Waals surface area contributed by atoms with Crippen LogP contribution in [0.25, 0.3) is 0 Å². The van der Waals surface area contributed by atoms with Crippen molar-refractivity contribution in [2.75, 3.05) is 32.7 Å². The Morgan fingerprint density at radius 3 is 2.42 bits per heavy atom. The Hall–Kier alpha value is -2.21. The molecule has 0 unspecified atom stereocenters. The van der Waals surface area contributed by atoms with Crippen molar-refractivity contribution < 1.29 is 9.18 Å². The van der Waals surface area contributed by atoms with Gasteiger partial charge in [-0.25, -0.2) is 4.39 Å². The van der Waals surface area contributed by atoms with Gasteiger partial charge in [0.15, 0.2) is 5.69 Å². The number of aromatic nitrogens is 2. The summed E-state index contributed by atoms with van der Waals surface area (Å²) in [5.41, 5.74) is 2.64. The fourth-order valence-electron chi connectivity index (χ4n) is 2.94. The number of hydrogen-bond acceptors (Lipinski definition) is 3. The van der Waals surface area contributed by atoms with Gasteiger partial charge in [0.25, 0.3) is 5.91 Å². The van der Waals surface area contributed by atoms with E-state index in [9.17, 15) is 9.18 Å². The Morgan fingerprint density at radius 2 is 1.83 bits per heavy atom. The number of piperazine rings is 1. The summed E-state index contributed by atoms with van der Waals surface area (Å²) in [6.45, 7) is 6.03. The first kappa shape index (κ1) is 16.6. The van der Waals surface area contributed by atoms with E-state index in [1.807, 2.05) is 37.1 Å². The molecule has 2 heterocycles. The molecule has 0 N–H and O–H groups in total. The first-order valence-corrected chi connectivity index (χ1v) is 8.29. The number of rotatable bonds is 4. The molecule has 1 aliphatic rings. The average Bonchev–Trinajstić information content (AvgIpc) is 2.93. The van der Waals surface area contributed by atoms with E-state index in [0.717, 1.165) is 50.4 Å². The van der Waals surface area contributed by atoms with E-state index in [1.165, 1.54) is 12.1 Å². The number of carbonyl (C=O) groups excluding carboxylic acids is 1. The lowest BCUT2D eigenvalue weighted by Gasteiger charge is -2.34. The molecule has 1 aromatic carbocycles. The van der Waals surface area contributed by atoms with Crippen molar-refractivity contribution in [3.63, 3.8) is 0 Å². The van der Waals surface area contributed by atoms with Crippen LogP contribution < -0.4 is 0 Å². The number of nitrogens with zero attached hydrogens (tertiary/aromatic N) is 4. The largest absolute Gasteiger partial charge is 0.335 e. The van der Waals surface area contributed by atoms with Crippen LogP contribution in [0.15, 0.2) is 30.3 Å². The highest BCUT2D eigenvalue weighted by Gasteiger charge is 2.23. The van der Waals surface area contributed by atoms with Crippen molar-refractivity contribution in [3.05, 3.63) is 53.1 Å². The maximum absolute atomic E-state index is 12.9. The second-order valence-corrected chi connectivity index (χ2v) is 6.30. The van der Waals surface area contributed by atoms with E-state index >= 15 is 0 Å². The lowest BCUT2D eigenvalue weighted by molar-refractivity contribution is 0.0632. The van der Waals surface area contributed by atoms with Crippen LogP contribution in [0.3, 0.4) is 0 Å². The third-order valence-electron chi connectivity index (χ3n) is 4.62. The van der Waals surface area contributed by atoms with Crippen LogP contribution in [0.5, 0.6) is 0 Å². The van der Waals surface area contributed by atoms with Gasteiger partial charge in [-0.2, -0.15) is 5.10 Å². The topological polar surface area (TPSA) is 41.4 Å². The van der Waals surface area contributed by atoms with Gasteiger partial charge >= 0.3 is 0 Å². The van der Waals surface area contributed by atoms with Crippen molar-refractivity contribution in [2.45, 2.75) is 13.3 Å². The van der Waals surface area contributed by atoms with Gasteiger partial charge in [-0.05, 0) is 37.1 Å². The van der Waals surface area contributed by atoms with Gasteiger partial charge in [-0.3, -0.25) is 14.4 Å². The first-order valence-electron chi connectivity index (χ1n) is 8.29. The minimum Gasteiger partial charge on any atom is -0.335 e. The normalized spacial score (nSPS) is 15.7. The molecule has 1 aliphatic heterocycles. The first-order chi connectivity index (χ1) is 11.5. The summed E-state index contributed by atoms with van der Waals surface area (Å²) in [6.07, 6.45) is 0.896. The number of amides is 1. The van der Waals surface area contributed by atoms with Crippen LogP contribution in [-0.2, 0) is 13.5 Å². The van der Waals surface area contributed by atoms with Gasteiger partial charge in [-0.1, -0.05) is 12.1 Å². The Kier molecular flexibility index (Phi) is 4.94. The Bertz CT molecular complexity index is 683. The van der Waals surface area contributed by atoms with Gasteiger partial charge in [0.2, 0.25) is 0 Å². The molecule has 5 nitrogen and oxygen atoms in total. The van der Waals surface area contributed by atoms with Gasteiger partial charge in [0.05, 0.1) is 0 Å². The monoisotopic (exact) mass is 330 g/mol. The molecule has 1 aromatic heterocycles. The van der Waals surface area contributed by atoms with E-state index < -0.39 is 0 Å². The van der Waals surface area contributed by atoms with E-state index in [0.29, 0.717) is 5.69 Å². The fourth-order valence-corrected chi connectivity index (χ4v) is 2.94. The van der Waals surface area contributed by atoms with Crippen LogP contribution >= 0.6 is 0 Å². The van der Waals surface area contributed by atoms with Crippen LogP contribution in [0.4, 0.5) is 4.39 Å². The molecule has 24 heavy (non-hydrogen) atoms. The quantitative estimate of drug-likeness (QED) is 0.859. The zero-order chi connectivity index (χ0) is 17.1. The summed E-state index contributed by atoms with van der Waals surface area (Å²) >= 11 is 0. The minimum absolute atomic E-state index is 0.0110. The lowest BCUT2D eigenvalue weighted by atomic mass is 10.1. The summed E-state index contributed by atoms with van der Waals surface area (Å²) in [4.78, 5) is 16.7. The predicted octanol–water partition coefficient (Wildman–Crippen LogP) is 1.87. The number of hydrogen-bond donors (Lipinski definition) is 0. The molecule has 0 aliphatic carbocycles. The molecule has 2 aromatic rings. The third-order valence-corrected chi connectivity index (χ3v) is 4.62. The highest BCUT2D eigenvalue weighted by Crippen LogP contribution is 2.10. The van der Waals surface area contributed by atoms with Crippen molar-refractivity contribution >= 4 is 5.91 Å². The predicted molar refractivity (Wildman–Crippen MR) is 90.4 cm³/mol. The molecule has 0 atom stereocenters. The smallest absolute Gasteiger partial charge is 0.274 e. The average molecular weight is 330 g/mol. The van der Waals surface area contributed by atoms with E-state index in [-0.39, 0.29) is 11.7 Å². The molecule has 0 radical (unpaired) electrons. The highest BCUT2D eigenvalue weighted by atomic mass is 19.1. The Morgan fingerprint density at radius 1 is 1.17 bits per heavy atom. The standard InChI is InChI=1S/C18H23FN4O/c1-14-13-17(20-21(14)2)18(24)23-11-9-22(10-12-23)8-7-15-3-5-16(19)6-4-15/h3-6,13H,7-12H2,1-2H3. The van der Waals surface area contributed by atoms with Crippen molar-refractivity contribution in [1.82, 2.24) is 19.6 Å². The van der Waals surface area contributed by atoms with Crippen LogP contribution in [0, 0.1) is 12.7 Å². The number of carbonyl (C=O) groups is 1. The lowest BCUT2D eigenvalue weighted by Crippen LogP contribution is -2.49. The maximum atomic E-state index is 12.9. The molecule has 0 spiro atoms. The molecule has 128 valence electrons. The van der Waals surface area contributed by atoms with Crippen molar-refractivity contribution in [2.24, 2.45) is 7.05 Å². The molecule has 3 rings (SSSR count). The van der Waals surface area contributed by atoms with Gasteiger partial charge in [0, 0.05) is 45.5 Å². The molecular weight excluding hydrogens is 307 g/mol. The summed E-state index contributed by atoms with van der Waals surface area (Å²) in [6, 6.07) is 8.50. The van der Waals surface area contributed by atoms with Crippen LogP contribution in [0.1, 0.15) is 21.7 Å². The van der Waals surface area contributed by atoms with E-state index in [1.54, 1.807) is 4.68 Å². The van der Waals surface area contributed by atoms with Gasteiger partial charge < -0.3 is 4.90 Å². The molecule has 0 saturated carbocycles. The SMILES string of the molecule is Cc1cc(C(=O)N2CCN(CCc3ccc(F)cc3)CC2)nn1C. The van der Waals surface area contributed by atoms with Gasteiger partial charge in [-0.15, -0.1) is 0 Å². The summed E-state index contributed by atoms with van der Waals surface area (Å²) < 4.78 is 14.6. The minimum atomic E-state index is -0.198. The second-order valence-electron chi connectivity index (χ2n) is 6.30. The van der Waals surface area contributed by atoms with E-state index in [4.69, 9.17) is 0 Å².